The van der Waals surface area contributed by atoms with Crippen LogP contribution >= 0.6 is 11.6 Å². The Morgan fingerprint density at radius 3 is 2.62 bits per heavy atom. The summed E-state index contributed by atoms with van der Waals surface area (Å²) in [5.74, 6) is -0.728. The van der Waals surface area contributed by atoms with Gasteiger partial charge in [-0.05, 0) is 71.8 Å². The van der Waals surface area contributed by atoms with Gasteiger partial charge in [-0.1, -0.05) is 17.7 Å². The topological polar surface area (TPSA) is 118 Å². The van der Waals surface area contributed by atoms with Crippen molar-refractivity contribution in [1.29, 1.82) is 0 Å². The van der Waals surface area contributed by atoms with Crippen LogP contribution in [0.15, 0.2) is 52.9 Å². The van der Waals surface area contributed by atoms with Crippen LogP contribution in [-0.2, 0) is 27.0 Å². The van der Waals surface area contributed by atoms with Gasteiger partial charge in [0, 0.05) is 34.5 Å². The first-order valence-electron chi connectivity index (χ1n) is 12.3. The van der Waals surface area contributed by atoms with Crippen molar-refractivity contribution in [3.05, 3.63) is 81.6 Å². The lowest BCUT2D eigenvalue weighted by Gasteiger charge is -2.14. The first kappa shape index (κ1) is 25.9. The molecule has 1 fully saturated rings. The molecule has 0 unspecified atom stereocenters. The van der Waals surface area contributed by atoms with Crippen LogP contribution in [0.1, 0.15) is 45.8 Å². The van der Waals surface area contributed by atoms with Gasteiger partial charge in [0.25, 0.3) is 5.91 Å². The van der Waals surface area contributed by atoms with Gasteiger partial charge in [-0.25, -0.2) is 12.8 Å². The number of furan rings is 1. The Morgan fingerprint density at radius 2 is 1.92 bits per heavy atom. The van der Waals surface area contributed by atoms with Crippen molar-refractivity contribution in [2.24, 2.45) is 0 Å². The zero-order chi connectivity index (χ0) is 27.5. The van der Waals surface area contributed by atoms with E-state index in [-0.39, 0.29) is 35.0 Å². The van der Waals surface area contributed by atoms with Crippen molar-refractivity contribution in [3.63, 3.8) is 0 Å². The molecule has 200 valence electrons. The lowest BCUT2D eigenvalue weighted by atomic mass is 9.79. The molecule has 2 aliphatic rings. The molecule has 4 aromatic rings. The second-order valence-corrected chi connectivity index (χ2v) is 11.9. The normalized spacial score (nSPS) is 15.0. The van der Waals surface area contributed by atoms with Gasteiger partial charge in [-0.3, -0.25) is 9.52 Å². The smallest absolute Gasteiger partial charge is 0.455 e. The number of hydrogen-bond acceptors (Lipinski definition) is 6. The quantitative estimate of drug-likeness (QED) is 0.286. The Labute approximate surface area is 229 Å². The number of sulfonamides is 1. The van der Waals surface area contributed by atoms with Crippen LogP contribution in [0.2, 0.25) is 5.02 Å². The molecule has 6 rings (SSSR count). The first-order valence-corrected chi connectivity index (χ1v) is 14.4. The number of carbonyl (C=O) groups excluding carboxylic acids is 1. The summed E-state index contributed by atoms with van der Waals surface area (Å²) in [6.07, 6.45) is 1.78. The highest BCUT2D eigenvalue weighted by Gasteiger charge is 2.32. The van der Waals surface area contributed by atoms with E-state index in [9.17, 15) is 22.6 Å². The van der Waals surface area contributed by atoms with Crippen molar-refractivity contribution in [1.82, 2.24) is 5.32 Å². The number of nitrogens with one attached hydrogen (secondary N) is 2. The fraction of sp³-hybridized carbons (Fsp3) is 0.222. The van der Waals surface area contributed by atoms with Crippen LogP contribution < -0.4 is 15.5 Å². The van der Waals surface area contributed by atoms with Gasteiger partial charge < -0.3 is 19.4 Å². The van der Waals surface area contributed by atoms with Crippen LogP contribution in [0.25, 0.3) is 22.3 Å². The summed E-state index contributed by atoms with van der Waals surface area (Å²) in [6.45, 7) is 0.141. The molecule has 0 bridgehead atoms. The minimum atomic E-state index is -3.89. The zero-order valence-corrected chi connectivity index (χ0v) is 22.3. The number of carbonyl (C=O) groups is 1. The molecule has 12 heteroatoms. The number of fused-ring (bicyclic) bond motifs is 2. The third kappa shape index (κ3) is 4.91. The molecule has 1 saturated carbocycles. The third-order valence-corrected chi connectivity index (χ3v) is 8.54. The van der Waals surface area contributed by atoms with Gasteiger partial charge in [0.2, 0.25) is 10.0 Å². The Bertz CT molecular complexity index is 1740. The zero-order valence-electron chi connectivity index (χ0n) is 20.8. The molecule has 2 heterocycles. The average Bonchev–Trinajstić information content (AvgIpc) is 3.56. The predicted molar refractivity (Wildman–Crippen MR) is 147 cm³/mol. The van der Waals surface area contributed by atoms with E-state index < -0.39 is 23.0 Å². The second kappa shape index (κ2) is 9.67. The first-order chi connectivity index (χ1) is 18.6. The number of benzene rings is 3. The second-order valence-electron chi connectivity index (χ2n) is 9.78. The molecule has 3 aromatic carbocycles. The highest BCUT2D eigenvalue weighted by atomic mass is 35.5. The van der Waals surface area contributed by atoms with E-state index in [2.05, 4.69) is 10.0 Å². The van der Waals surface area contributed by atoms with Gasteiger partial charge in [-0.15, -0.1) is 0 Å². The molecule has 0 spiro atoms. The molecule has 1 aliphatic heterocycles. The van der Waals surface area contributed by atoms with E-state index >= 15 is 0 Å². The molecule has 1 aromatic heterocycles. The average molecular weight is 569 g/mol. The van der Waals surface area contributed by atoms with Crippen molar-refractivity contribution in [2.45, 2.75) is 31.1 Å². The number of hydrogen-bond donors (Lipinski definition) is 3. The van der Waals surface area contributed by atoms with Crippen LogP contribution in [0.5, 0.6) is 0 Å². The van der Waals surface area contributed by atoms with Crippen LogP contribution in [0.4, 0.5) is 10.1 Å². The monoisotopic (exact) mass is 568 g/mol. The molecule has 0 saturated heterocycles. The van der Waals surface area contributed by atoms with E-state index in [4.69, 9.17) is 20.7 Å². The van der Waals surface area contributed by atoms with Gasteiger partial charge in [0.15, 0.2) is 0 Å². The van der Waals surface area contributed by atoms with E-state index in [0.717, 1.165) is 18.4 Å². The summed E-state index contributed by atoms with van der Waals surface area (Å²) in [6, 6.07) is 12.2. The maximum atomic E-state index is 13.6. The Kier molecular flexibility index (Phi) is 6.42. The molecule has 39 heavy (non-hydrogen) atoms. The fourth-order valence-electron chi connectivity index (χ4n) is 5.03. The van der Waals surface area contributed by atoms with E-state index in [0.29, 0.717) is 44.4 Å². The summed E-state index contributed by atoms with van der Waals surface area (Å²) in [4.78, 5) is 12.9. The molecular weight excluding hydrogens is 546 g/mol. The molecular formula is C27H23BClFN2O6S. The highest BCUT2D eigenvalue weighted by molar-refractivity contribution is 7.91. The molecule has 1 aliphatic carbocycles. The SMILES string of the molecule is CNC(=O)c1c(-c2ccc(F)cc2)oc2cc(NS(=O)(=O)Cc3cc(Cl)c4c(c3)COB4O)c(C3CC3)cc12. The van der Waals surface area contributed by atoms with E-state index in [1.54, 1.807) is 18.2 Å². The molecule has 1 amide bonds. The van der Waals surface area contributed by atoms with Crippen molar-refractivity contribution in [2.75, 3.05) is 11.8 Å². The number of halogens is 2. The number of amides is 1. The summed E-state index contributed by atoms with van der Waals surface area (Å²) >= 11 is 6.29. The maximum absolute atomic E-state index is 13.6. The standard InChI is InChI=1S/C27H23BClFN2O6S/c1-31-27(33)24-20-10-19(15-2-3-15)22(11-23(20)38-26(24)16-4-6-18(30)7-5-16)32-39(35,36)13-14-8-17-12-37-28(34)25(17)21(29)9-14/h4-11,15,32,34H,2-3,12-13H2,1H3,(H,31,33). The molecule has 3 N–H and O–H groups in total. The van der Waals surface area contributed by atoms with Crippen LogP contribution in [0, 0.1) is 5.82 Å². The number of rotatable bonds is 7. The Hall–Kier alpha value is -3.38. The third-order valence-electron chi connectivity index (χ3n) is 6.98. The van der Waals surface area contributed by atoms with E-state index in [1.807, 2.05) is 0 Å². The lowest BCUT2D eigenvalue weighted by Crippen LogP contribution is -2.29. The highest BCUT2D eigenvalue weighted by Crippen LogP contribution is 2.47. The van der Waals surface area contributed by atoms with E-state index in [1.165, 1.54) is 37.4 Å². The fourth-order valence-corrected chi connectivity index (χ4v) is 6.57. The Balaban J connectivity index is 1.40. The summed E-state index contributed by atoms with van der Waals surface area (Å²) in [5.41, 5.74) is 3.83. The molecule has 0 atom stereocenters. The maximum Gasteiger partial charge on any atom is 0.493 e. The largest absolute Gasteiger partial charge is 0.493 e. The molecule has 8 nitrogen and oxygen atoms in total. The number of anilines is 1. The summed E-state index contributed by atoms with van der Waals surface area (Å²) < 4.78 is 54.1. The van der Waals surface area contributed by atoms with Crippen molar-refractivity contribution in [3.8, 4) is 11.3 Å². The summed E-state index contributed by atoms with van der Waals surface area (Å²) in [7, 11) is -3.50. The minimum Gasteiger partial charge on any atom is -0.455 e. The van der Waals surface area contributed by atoms with Gasteiger partial charge in [0.05, 0.1) is 23.6 Å². The van der Waals surface area contributed by atoms with Gasteiger partial charge in [-0.2, -0.15) is 0 Å². The molecule has 0 radical (unpaired) electrons. The minimum absolute atomic E-state index is 0.141. The lowest BCUT2D eigenvalue weighted by molar-refractivity contribution is 0.0964. The van der Waals surface area contributed by atoms with Crippen LogP contribution in [-0.4, -0.2) is 33.5 Å². The van der Waals surface area contributed by atoms with Crippen LogP contribution in [0.3, 0.4) is 0 Å². The van der Waals surface area contributed by atoms with Gasteiger partial charge >= 0.3 is 7.12 Å². The van der Waals surface area contributed by atoms with Crippen molar-refractivity contribution >= 4 is 56.8 Å². The van der Waals surface area contributed by atoms with Crippen molar-refractivity contribution < 1.29 is 31.7 Å². The van der Waals surface area contributed by atoms with Gasteiger partial charge in [0.1, 0.15) is 17.2 Å². The summed E-state index contributed by atoms with van der Waals surface area (Å²) in [5, 5.41) is 13.3. The predicted octanol–water partition coefficient (Wildman–Crippen LogP) is 4.29. The Morgan fingerprint density at radius 1 is 1.18 bits per heavy atom.